The summed E-state index contributed by atoms with van der Waals surface area (Å²) in [5.74, 6) is -0.599. The van der Waals surface area contributed by atoms with E-state index in [2.05, 4.69) is 26.6 Å². The molecule has 0 spiro atoms. The highest BCUT2D eigenvalue weighted by Gasteiger charge is 2.21. The van der Waals surface area contributed by atoms with Crippen LogP contribution in [-0.4, -0.2) is 29.0 Å². The zero-order chi connectivity index (χ0) is 15.3. The fraction of sp³-hybridized carbons (Fsp3) is 0.429. The Labute approximate surface area is 126 Å². The van der Waals surface area contributed by atoms with Gasteiger partial charge >= 0.3 is 0 Å². The third-order valence-corrected chi connectivity index (χ3v) is 3.40. The molecule has 3 N–H and O–H groups in total. The van der Waals surface area contributed by atoms with Gasteiger partial charge in [0, 0.05) is 11.4 Å². The number of benzene rings is 1. The van der Waals surface area contributed by atoms with Gasteiger partial charge in [0.2, 0.25) is 11.8 Å². The molecule has 5 nitrogen and oxygen atoms in total. The summed E-state index contributed by atoms with van der Waals surface area (Å²) >= 11 is 3.32. The number of halogens is 1. The summed E-state index contributed by atoms with van der Waals surface area (Å²) in [6.45, 7) is 4.66. The smallest absolute Gasteiger partial charge is 0.242 e. The molecule has 3 atom stereocenters. The van der Waals surface area contributed by atoms with Crippen LogP contribution in [0.15, 0.2) is 28.7 Å². The third kappa shape index (κ3) is 4.94. The van der Waals surface area contributed by atoms with E-state index in [1.165, 1.54) is 6.92 Å². The number of carbonyl (C=O) groups excluding carboxylic acids is 2. The van der Waals surface area contributed by atoms with Crippen LogP contribution in [0.2, 0.25) is 0 Å². The Kier molecular flexibility index (Phi) is 6.16. The summed E-state index contributed by atoms with van der Waals surface area (Å²) < 4.78 is 0.921. The van der Waals surface area contributed by atoms with Gasteiger partial charge in [-0.3, -0.25) is 9.59 Å². The van der Waals surface area contributed by atoms with Gasteiger partial charge in [0.25, 0.3) is 0 Å². The zero-order valence-electron chi connectivity index (χ0n) is 11.7. The average molecular weight is 343 g/mol. The molecule has 110 valence electrons. The van der Waals surface area contributed by atoms with Crippen molar-refractivity contribution in [2.45, 2.75) is 39.0 Å². The van der Waals surface area contributed by atoms with Crippen LogP contribution in [0.25, 0.3) is 0 Å². The van der Waals surface area contributed by atoms with Crippen LogP contribution >= 0.6 is 15.9 Å². The zero-order valence-corrected chi connectivity index (χ0v) is 13.3. The van der Waals surface area contributed by atoms with E-state index < -0.39 is 18.2 Å². The minimum absolute atomic E-state index is 0.270. The second-order valence-corrected chi connectivity index (χ2v) is 5.63. The van der Waals surface area contributed by atoms with Gasteiger partial charge in [0.1, 0.15) is 6.04 Å². The lowest BCUT2D eigenvalue weighted by molar-refractivity contribution is -0.128. The van der Waals surface area contributed by atoms with Crippen LogP contribution in [0.1, 0.15) is 32.4 Å². The number of aliphatic hydroxyl groups excluding tert-OH is 1. The second-order valence-electron chi connectivity index (χ2n) is 4.72. The molecule has 20 heavy (non-hydrogen) atoms. The van der Waals surface area contributed by atoms with Crippen molar-refractivity contribution in [3.05, 3.63) is 34.3 Å². The molecule has 0 radical (unpaired) electrons. The summed E-state index contributed by atoms with van der Waals surface area (Å²) in [5, 5.41) is 15.4. The summed E-state index contributed by atoms with van der Waals surface area (Å²) in [7, 11) is 0. The predicted molar refractivity (Wildman–Crippen MR) is 80.0 cm³/mol. The third-order valence-electron chi connectivity index (χ3n) is 2.87. The number of amides is 2. The van der Waals surface area contributed by atoms with E-state index in [-0.39, 0.29) is 11.8 Å². The highest BCUT2D eigenvalue weighted by molar-refractivity contribution is 9.10. The molecule has 1 rings (SSSR count). The molecule has 2 amide bonds. The maximum atomic E-state index is 11.8. The van der Waals surface area contributed by atoms with Gasteiger partial charge in [-0.15, -0.1) is 0 Å². The molecule has 6 heteroatoms. The first kappa shape index (κ1) is 16.7. The molecule has 0 saturated heterocycles. The summed E-state index contributed by atoms with van der Waals surface area (Å²) in [4.78, 5) is 22.7. The number of aliphatic hydroxyl groups is 1. The van der Waals surface area contributed by atoms with E-state index in [1.807, 2.05) is 12.1 Å². The lowest BCUT2D eigenvalue weighted by Gasteiger charge is -2.22. The monoisotopic (exact) mass is 342 g/mol. The van der Waals surface area contributed by atoms with Crippen molar-refractivity contribution in [2.75, 3.05) is 0 Å². The van der Waals surface area contributed by atoms with Crippen LogP contribution in [0.3, 0.4) is 0 Å². The molecule has 1 aromatic carbocycles. The molecular formula is C14H19BrN2O3. The molecule has 1 aromatic rings. The van der Waals surface area contributed by atoms with Gasteiger partial charge in [-0.2, -0.15) is 0 Å². The van der Waals surface area contributed by atoms with E-state index in [0.29, 0.717) is 5.56 Å². The Morgan fingerprint density at radius 3 is 2.20 bits per heavy atom. The highest BCUT2D eigenvalue weighted by atomic mass is 79.9. The van der Waals surface area contributed by atoms with Crippen molar-refractivity contribution in [1.82, 2.24) is 10.6 Å². The Balaban J connectivity index is 2.61. The van der Waals surface area contributed by atoms with E-state index in [0.717, 1.165) is 4.47 Å². The Hall–Kier alpha value is -1.40. The van der Waals surface area contributed by atoms with Crippen molar-refractivity contribution in [3.8, 4) is 0 Å². The standard InChI is InChI=1S/C14H19BrN2O3/c1-8(17-14(20)9(2)16-10(3)18)13(19)11-4-6-12(15)7-5-11/h4-9,13,19H,1-3H3,(H,16,18)(H,17,20). The van der Waals surface area contributed by atoms with Gasteiger partial charge in [0.05, 0.1) is 12.1 Å². The summed E-state index contributed by atoms with van der Waals surface area (Å²) in [6, 6.07) is 6.13. The first-order valence-corrected chi connectivity index (χ1v) is 7.11. The first-order chi connectivity index (χ1) is 9.31. The van der Waals surface area contributed by atoms with E-state index in [9.17, 15) is 14.7 Å². The van der Waals surface area contributed by atoms with Gasteiger partial charge in [-0.1, -0.05) is 28.1 Å². The molecule has 3 unspecified atom stereocenters. The summed E-state index contributed by atoms with van der Waals surface area (Å²) in [6.07, 6.45) is -0.809. The molecular weight excluding hydrogens is 324 g/mol. The molecule has 0 bridgehead atoms. The minimum atomic E-state index is -0.809. The SMILES string of the molecule is CC(=O)NC(C)C(=O)NC(C)C(O)c1ccc(Br)cc1. The van der Waals surface area contributed by atoms with Gasteiger partial charge in [-0.25, -0.2) is 0 Å². The van der Waals surface area contributed by atoms with Gasteiger partial charge < -0.3 is 15.7 Å². The van der Waals surface area contributed by atoms with Gasteiger partial charge in [-0.05, 0) is 31.5 Å². The fourth-order valence-corrected chi connectivity index (χ4v) is 2.01. The molecule has 0 fully saturated rings. The molecule has 0 aliphatic rings. The van der Waals surface area contributed by atoms with E-state index >= 15 is 0 Å². The molecule has 0 heterocycles. The minimum Gasteiger partial charge on any atom is -0.386 e. The summed E-state index contributed by atoms with van der Waals surface area (Å²) in [5.41, 5.74) is 0.716. The normalized spacial score (nSPS) is 15.1. The maximum absolute atomic E-state index is 11.8. The maximum Gasteiger partial charge on any atom is 0.242 e. The van der Waals surface area contributed by atoms with Crippen molar-refractivity contribution in [3.63, 3.8) is 0 Å². The fourth-order valence-electron chi connectivity index (χ4n) is 1.75. The van der Waals surface area contributed by atoms with E-state index in [4.69, 9.17) is 0 Å². The van der Waals surface area contributed by atoms with Crippen LogP contribution < -0.4 is 10.6 Å². The average Bonchev–Trinajstić information content (AvgIpc) is 2.37. The first-order valence-electron chi connectivity index (χ1n) is 6.32. The van der Waals surface area contributed by atoms with Crippen molar-refractivity contribution < 1.29 is 14.7 Å². The van der Waals surface area contributed by atoms with Gasteiger partial charge in [0.15, 0.2) is 0 Å². The lowest BCUT2D eigenvalue weighted by Crippen LogP contribution is -2.48. The number of hydrogen-bond donors (Lipinski definition) is 3. The Morgan fingerprint density at radius 1 is 1.15 bits per heavy atom. The highest BCUT2D eigenvalue weighted by Crippen LogP contribution is 2.19. The number of rotatable bonds is 5. The Morgan fingerprint density at radius 2 is 1.70 bits per heavy atom. The molecule has 0 aromatic heterocycles. The number of hydrogen-bond acceptors (Lipinski definition) is 3. The number of carbonyl (C=O) groups is 2. The largest absolute Gasteiger partial charge is 0.386 e. The second kappa shape index (κ2) is 7.40. The van der Waals surface area contributed by atoms with Crippen molar-refractivity contribution >= 4 is 27.7 Å². The Bertz CT molecular complexity index is 476. The number of nitrogens with one attached hydrogen (secondary N) is 2. The molecule has 0 saturated carbocycles. The lowest BCUT2D eigenvalue weighted by atomic mass is 10.0. The molecule has 0 aliphatic carbocycles. The van der Waals surface area contributed by atoms with Crippen molar-refractivity contribution in [2.24, 2.45) is 0 Å². The van der Waals surface area contributed by atoms with Crippen molar-refractivity contribution in [1.29, 1.82) is 0 Å². The van der Waals surface area contributed by atoms with Crippen LogP contribution in [0, 0.1) is 0 Å². The van der Waals surface area contributed by atoms with Crippen LogP contribution in [-0.2, 0) is 9.59 Å². The van der Waals surface area contributed by atoms with E-state index in [1.54, 1.807) is 26.0 Å². The van der Waals surface area contributed by atoms with Crippen LogP contribution in [0.4, 0.5) is 0 Å². The van der Waals surface area contributed by atoms with Crippen LogP contribution in [0.5, 0.6) is 0 Å². The molecule has 0 aliphatic heterocycles. The predicted octanol–water partition coefficient (Wildman–Crippen LogP) is 1.51. The quantitative estimate of drug-likeness (QED) is 0.758. The topological polar surface area (TPSA) is 78.4 Å².